The minimum Gasteiger partial charge on any atom is -0.507 e. The van der Waals surface area contributed by atoms with Crippen molar-refractivity contribution in [1.82, 2.24) is 5.43 Å². The van der Waals surface area contributed by atoms with Gasteiger partial charge in [0.05, 0.1) is 11.8 Å². The summed E-state index contributed by atoms with van der Waals surface area (Å²) in [5.74, 6) is -0.524. The van der Waals surface area contributed by atoms with Gasteiger partial charge in [0.25, 0.3) is 5.91 Å². The summed E-state index contributed by atoms with van der Waals surface area (Å²) in [5.41, 5.74) is 4.55. The van der Waals surface area contributed by atoms with E-state index in [1.165, 1.54) is 12.1 Å². The largest absolute Gasteiger partial charge is 0.507 e. The number of hydrogen-bond acceptors (Lipinski definition) is 3. The number of carbonyl (C=O) groups is 1. The maximum Gasteiger partial charge on any atom is 0.275 e. The number of hydrazone groups is 1. The summed E-state index contributed by atoms with van der Waals surface area (Å²) in [6.45, 7) is 1.99. The average Bonchev–Trinajstić information content (AvgIpc) is 2.43. The number of para-hydroxylation sites is 1. The highest BCUT2D eigenvalue weighted by atomic mass is 79.9. The number of aryl methyl sites for hydroxylation is 1. The molecule has 0 heterocycles. The lowest BCUT2D eigenvalue weighted by molar-refractivity contribution is 0.0952. The predicted molar refractivity (Wildman–Crippen MR) is 82.0 cm³/mol. The van der Waals surface area contributed by atoms with E-state index in [2.05, 4.69) is 26.5 Å². The molecule has 5 heteroatoms. The number of halogens is 1. The van der Waals surface area contributed by atoms with E-state index in [9.17, 15) is 9.90 Å². The minimum atomic E-state index is -0.453. The van der Waals surface area contributed by atoms with Crippen molar-refractivity contribution in [3.63, 3.8) is 0 Å². The van der Waals surface area contributed by atoms with Crippen LogP contribution in [-0.2, 0) is 0 Å². The molecule has 0 saturated carbocycles. The van der Waals surface area contributed by atoms with Crippen molar-refractivity contribution in [2.24, 2.45) is 5.10 Å². The molecule has 0 atom stereocenters. The Balaban J connectivity index is 2.05. The van der Waals surface area contributed by atoms with Crippen molar-refractivity contribution >= 4 is 28.1 Å². The Morgan fingerprint density at radius 1 is 1.30 bits per heavy atom. The number of nitrogens with zero attached hydrogens (tertiary/aromatic N) is 1. The van der Waals surface area contributed by atoms with Crippen LogP contribution in [0.5, 0.6) is 5.75 Å². The lowest BCUT2D eigenvalue weighted by Crippen LogP contribution is -2.17. The van der Waals surface area contributed by atoms with E-state index in [0.717, 1.165) is 15.6 Å². The monoisotopic (exact) mass is 332 g/mol. The number of aromatic hydroxyl groups is 1. The molecule has 2 aromatic rings. The van der Waals surface area contributed by atoms with Gasteiger partial charge in [-0.05, 0) is 36.2 Å². The molecule has 1 amide bonds. The Labute approximate surface area is 125 Å². The molecule has 0 aliphatic rings. The summed E-state index contributed by atoms with van der Waals surface area (Å²) in [6, 6.07) is 12.1. The van der Waals surface area contributed by atoms with E-state index in [0.29, 0.717) is 0 Å². The Kier molecular flexibility index (Phi) is 4.53. The number of amides is 1. The first kappa shape index (κ1) is 14.3. The summed E-state index contributed by atoms with van der Waals surface area (Å²) >= 11 is 3.43. The van der Waals surface area contributed by atoms with E-state index in [4.69, 9.17) is 0 Å². The van der Waals surface area contributed by atoms with Gasteiger partial charge in [0.2, 0.25) is 0 Å². The second-order valence-electron chi connectivity index (χ2n) is 4.22. The highest BCUT2D eigenvalue weighted by Crippen LogP contribution is 2.17. The van der Waals surface area contributed by atoms with Gasteiger partial charge in [-0.15, -0.1) is 0 Å². The first-order valence-electron chi connectivity index (χ1n) is 5.95. The third kappa shape index (κ3) is 3.45. The number of benzene rings is 2. The molecule has 0 aliphatic heterocycles. The van der Waals surface area contributed by atoms with E-state index < -0.39 is 5.91 Å². The second kappa shape index (κ2) is 6.34. The smallest absolute Gasteiger partial charge is 0.275 e. The lowest BCUT2D eigenvalue weighted by atomic mass is 10.2. The Hall–Kier alpha value is -2.14. The van der Waals surface area contributed by atoms with Crippen molar-refractivity contribution in [3.05, 3.63) is 63.6 Å². The Bertz CT molecular complexity index is 669. The van der Waals surface area contributed by atoms with Gasteiger partial charge in [-0.2, -0.15) is 5.10 Å². The van der Waals surface area contributed by atoms with Crippen LogP contribution < -0.4 is 5.43 Å². The predicted octanol–water partition coefficient (Wildman–Crippen LogP) is 3.23. The van der Waals surface area contributed by atoms with Crippen molar-refractivity contribution in [1.29, 1.82) is 0 Å². The molecular weight excluding hydrogens is 320 g/mol. The lowest BCUT2D eigenvalue weighted by Gasteiger charge is -2.02. The van der Waals surface area contributed by atoms with Crippen LogP contribution >= 0.6 is 15.9 Å². The summed E-state index contributed by atoms with van der Waals surface area (Å²) in [4.78, 5) is 11.8. The first-order chi connectivity index (χ1) is 9.58. The molecule has 0 saturated heterocycles. The van der Waals surface area contributed by atoms with Gasteiger partial charge >= 0.3 is 0 Å². The molecule has 0 aromatic heterocycles. The number of carbonyl (C=O) groups excluding carboxylic acids is 1. The van der Waals surface area contributed by atoms with E-state index in [1.54, 1.807) is 18.3 Å². The fraction of sp³-hybridized carbons (Fsp3) is 0.0667. The fourth-order valence-electron chi connectivity index (χ4n) is 1.58. The maximum atomic E-state index is 11.8. The Morgan fingerprint density at radius 2 is 2.05 bits per heavy atom. The van der Waals surface area contributed by atoms with Crippen LogP contribution in [0.15, 0.2) is 52.0 Å². The zero-order valence-electron chi connectivity index (χ0n) is 10.8. The number of rotatable bonds is 3. The topological polar surface area (TPSA) is 61.7 Å². The van der Waals surface area contributed by atoms with Crippen molar-refractivity contribution in [2.75, 3.05) is 0 Å². The quantitative estimate of drug-likeness (QED) is 0.669. The van der Waals surface area contributed by atoms with Gasteiger partial charge in [-0.3, -0.25) is 4.79 Å². The molecular formula is C15H13BrN2O2. The second-order valence-corrected chi connectivity index (χ2v) is 5.08. The molecule has 0 spiro atoms. The van der Waals surface area contributed by atoms with Crippen LogP contribution in [0.4, 0.5) is 0 Å². The van der Waals surface area contributed by atoms with E-state index in [1.807, 2.05) is 25.1 Å². The number of phenols is 1. The zero-order chi connectivity index (χ0) is 14.5. The van der Waals surface area contributed by atoms with Crippen molar-refractivity contribution in [2.45, 2.75) is 6.92 Å². The molecule has 2 rings (SSSR count). The molecule has 4 nitrogen and oxygen atoms in total. The Morgan fingerprint density at radius 3 is 2.75 bits per heavy atom. The summed E-state index contributed by atoms with van der Waals surface area (Å²) < 4.78 is 0.980. The third-order valence-electron chi connectivity index (χ3n) is 2.72. The van der Waals surface area contributed by atoms with Gasteiger partial charge in [0.15, 0.2) is 0 Å². The van der Waals surface area contributed by atoms with Gasteiger partial charge in [-0.25, -0.2) is 5.43 Å². The van der Waals surface area contributed by atoms with Crippen LogP contribution in [0.1, 0.15) is 21.5 Å². The normalized spacial score (nSPS) is 10.7. The molecule has 102 valence electrons. The van der Waals surface area contributed by atoms with Gasteiger partial charge in [-0.1, -0.05) is 40.2 Å². The third-order valence-corrected chi connectivity index (χ3v) is 3.58. The number of hydrogen-bond donors (Lipinski definition) is 2. The fourth-order valence-corrected chi connectivity index (χ4v) is 1.98. The van der Waals surface area contributed by atoms with Crippen LogP contribution in [0, 0.1) is 6.92 Å². The molecule has 2 aromatic carbocycles. The highest BCUT2D eigenvalue weighted by molar-refractivity contribution is 9.10. The van der Waals surface area contributed by atoms with Crippen LogP contribution in [0.2, 0.25) is 0 Å². The van der Waals surface area contributed by atoms with Crippen LogP contribution in [0.3, 0.4) is 0 Å². The van der Waals surface area contributed by atoms with E-state index >= 15 is 0 Å². The highest BCUT2D eigenvalue weighted by Gasteiger charge is 2.08. The molecule has 0 aliphatic carbocycles. The molecule has 20 heavy (non-hydrogen) atoms. The van der Waals surface area contributed by atoms with Gasteiger partial charge < -0.3 is 5.11 Å². The van der Waals surface area contributed by atoms with Crippen molar-refractivity contribution in [3.8, 4) is 5.75 Å². The van der Waals surface area contributed by atoms with Gasteiger partial charge in [0, 0.05) is 4.47 Å². The summed E-state index contributed by atoms with van der Waals surface area (Å²) in [6.07, 6.45) is 1.54. The standard InChI is InChI=1S/C15H13BrN2O2/c1-10-6-7-11(8-13(10)16)9-17-18-15(20)12-4-2-3-5-14(12)19/h2-9,19H,1H3,(H,18,20)/b17-9+. The summed E-state index contributed by atoms with van der Waals surface area (Å²) in [5, 5.41) is 13.4. The minimum absolute atomic E-state index is 0.0710. The van der Waals surface area contributed by atoms with Crippen molar-refractivity contribution < 1.29 is 9.90 Å². The molecule has 0 unspecified atom stereocenters. The van der Waals surface area contributed by atoms with Crippen LogP contribution in [0.25, 0.3) is 0 Å². The van der Waals surface area contributed by atoms with Crippen LogP contribution in [-0.4, -0.2) is 17.2 Å². The van der Waals surface area contributed by atoms with E-state index in [-0.39, 0.29) is 11.3 Å². The molecule has 0 fully saturated rings. The molecule has 0 radical (unpaired) electrons. The number of nitrogens with one attached hydrogen (secondary N) is 1. The summed E-state index contributed by atoms with van der Waals surface area (Å²) in [7, 11) is 0. The van der Waals surface area contributed by atoms with Gasteiger partial charge in [0.1, 0.15) is 5.75 Å². The maximum absolute atomic E-state index is 11.8. The zero-order valence-corrected chi connectivity index (χ0v) is 12.4. The molecule has 2 N–H and O–H groups in total. The number of phenolic OH excluding ortho intramolecular Hbond substituents is 1. The first-order valence-corrected chi connectivity index (χ1v) is 6.75. The SMILES string of the molecule is Cc1ccc(/C=N/NC(=O)c2ccccc2O)cc1Br. The molecule has 0 bridgehead atoms. The average molecular weight is 333 g/mol.